The van der Waals surface area contributed by atoms with E-state index < -0.39 is 6.04 Å². The molecule has 2 amide bonds. The molecule has 1 aliphatic rings. The van der Waals surface area contributed by atoms with Crippen molar-refractivity contribution in [2.24, 2.45) is 11.7 Å². The number of carbonyl (C=O) groups excluding carboxylic acids is 2. The molecule has 6 nitrogen and oxygen atoms in total. The summed E-state index contributed by atoms with van der Waals surface area (Å²) in [6, 6.07) is -0.544. The van der Waals surface area contributed by atoms with E-state index in [2.05, 4.69) is 17.7 Å². The van der Waals surface area contributed by atoms with Crippen molar-refractivity contribution in [2.45, 2.75) is 32.2 Å². The van der Waals surface area contributed by atoms with Crippen LogP contribution in [0.5, 0.6) is 0 Å². The Morgan fingerprint density at radius 3 is 3.00 bits per heavy atom. The second kappa shape index (κ2) is 6.44. The molecule has 0 aromatic heterocycles. The van der Waals surface area contributed by atoms with Crippen LogP contribution in [0.15, 0.2) is 0 Å². The van der Waals surface area contributed by atoms with Gasteiger partial charge in [-0.05, 0) is 25.3 Å². The summed E-state index contributed by atoms with van der Waals surface area (Å²) in [5.74, 6) is 0.0299. The molecule has 1 rings (SSSR count). The molecule has 0 aromatic carbocycles. The van der Waals surface area contributed by atoms with Crippen molar-refractivity contribution in [3.63, 3.8) is 0 Å². The first-order valence-electron chi connectivity index (χ1n) is 5.54. The zero-order valence-electron chi connectivity index (χ0n) is 9.49. The molecule has 2 atom stereocenters. The summed E-state index contributed by atoms with van der Waals surface area (Å²) in [5, 5.41) is 2.62. The molecule has 1 heterocycles. The largest absolute Gasteiger partial charge is 0.342 e. The number of hydrogen-bond donors (Lipinski definition) is 3. The molecule has 1 aliphatic heterocycles. The van der Waals surface area contributed by atoms with Gasteiger partial charge < -0.3 is 11.1 Å². The SMILES string of the molecule is CC(CCN)CCC(=O)N[C@@H]1CONC1=O. The zero-order chi connectivity index (χ0) is 12.0. The lowest BCUT2D eigenvalue weighted by atomic mass is 10.0. The lowest BCUT2D eigenvalue weighted by molar-refractivity contribution is -0.128. The fourth-order valence-corrected chi connectivity index (χ4v) is 1.52. The third kappa shape index (κ3) is 4.16. The first-order valence-corrected chi connectivity index (χ1v) is 5.54. The first-order chi connectivity index (χ1) is 7.63. The van der Waals surface area contributed by atoms with Crippen LogP contribution in [0.2, 0.25) is 0 Å². The zero-order valence-corrected chi connectivity index (χ0v) is 9.49. The van der Waals surface area contributed by atoms with Crippen molar-refractivity contribution < 1.29 is 14.4 Å². The molecule has 1 fully saturated rings. The highest BCUT2D eigenvalue weighted by atomic mass is 16.7. The molecule has 6 heteroatoms. The van der Waals surface area contributed by atoms with Gasteiger partial charge in [0.05, 0.1) is 0 Å². The third-order valence-corrected chi connectivity index (χ3v) is 2.60. The van der Waals surface area contributed by atoms with Crippen LogP contribution in [0.3, 0.4) is 0 Å². The van der Waals surface area contributed by atoms with E-state index >= 15 is 0 Å². The number of carbonyl (C=O) groups is 2. The van der Waals surface area contributed by atoms with E-state index in [1.807, 2.05) is 0 Å². The van der Waals surface area contributed by atoms with Crippen LogP contribution in [0.4, 0.5) is 0 Å². The van der Waals surface area contributed by atoms with E-state index in [9.17, 15) is 9.59 Å². The van der Waals surface area contributed by atoms with Crippen LogP contribution in [-0.2, 0) is 14.4 Å². The van der Waals surface area contributed by atoms with Gasteiger partial charge in [0.1, 0.15) is 12.6 Å². The second-order valence-corrected chi connectivity index (χ2v) is 4.12. The lowest BCUT2D eigenvalue weighted by Crippen LogP contribution is -2.41. The van der Waals surface area contributed by atoms with E-state index in [1.165, 1.54) is 0 Å². The summed E-state index contributed by atoms with van der Waals surface area (Å²) in [7, 11) is 0. The standard InChI is InChI=1S/C10H19N3O3/c1-7(4-5-11)2-3-9(14)12-8-6-16-13-10(8)15/h7-8H,2-6,11H2,1H3,(H,12,14)(H,13,15)/t7?,8-/m1/s1. The molecule has 92 valence electrons. The molecule has 16 heavy (non-hydrogen) atoms. The van der Waals surface area contributed by atoms with Gasteiger partial charge in [-0.3, -0.25) is 14.4 Å². The first kappa shape index (κ1) is 12.9. The Hall–Kier alpha value is -1.14. The second-order valence-electron chi connectivity index (χ2n) is 4.12. The van der Waals surface area contributed by atoms with Crippen molar-refractivity contribution in [3.8, 4) is 0 Å². The molecule has 1 unspecified atom stereocenters. The van der Waals surface area contributed by atoms with Crippen molar-refractivity contribution in [1.82, 2.24) is 10.8 Å². The third-order valence-electron chi connectivity index (χ3n) is 2.60. The normalized spacial score (nSPS) is 21.6. The highest BCUT2D eigenvalue weighted by Gasteiger charge is 2.26. The molecular formula is C10H19N3O3. The molecular weight excluding hydrogens is 210 g/mol. The van der Waals surface area contributed by atoms with E-state index in [4.69, 9.17) is 10.6 Å². The lowest BCUT2D eigenvalue weighted by Gasteiger charge is -2.11. The van der Waals surface area contributed by atoms with Crippen LogP contribution >= 0.6 is 0 Å². The predicted octanol–water partition coefficient (Wildman–Crippen LogP) is -0.702. The fourth-order valence-electron chi connectivity index (χ4n) is 1.52. The smallest absolute Gasteiger partial charge is 0.268 e. The monoisotopic (exact) mass is 229 g/mol. The number of nitrogens with two attached hydrogens (primary N) is 1. The Labute approximate surface area is 94.8 Å². The fraction of sp³-hybridized carbons (Fsp3) is 0.800. The number of hydroxylamine groups is 1. The number of rotatable bonds is 6. The number of amides is 2. The van der Waals surface area contributed by atoms with Crippen LogP contribution < -0.4 is 16.5 Å². The summed E-state index contributed by atoms with van der Waals surface area (Å²) in [6.07, 6.45) is 2.13. The number of hydrogen-bond acceptors (Lipinski definition) is 4. The van der Waals surface area contributed by atoms with Gasteiger partial charge in [-0.25, -0.2) is 5.48 Å². The number of nitrogens with one attached hydrogen (secondary N) is 2. The van der Waals surface area contributed by atoms with Gasteiger partial charge in [0.2, 0.25) is 5.91 Å². The van der Waals surface area contributed by atoms with Gasteiger partial charge >= 0.3 is 0 Å². The predicted molar refractivity (Wildman–Crippen MR) is 58.1 cm³/mol. The maximum absolute atomic E-state index is 11.5. The maximum atomic E-state index is 11.5. The van der Waals surface area contributed by atoms with Crippen LogP contribution in [-0.4, -0.2) is 31.0 Å². The molecule has 0 aromatic rings. The Bertz CT molecular complexity index is 258. The van der Waals surface area contributed by atoms with Gasteiger partial charge in [-0.15, -0.1) is 0 Å². The summed E-state index contributed by atoms with van der Waals surface area (Å²) < 4.78 is 0. The highest BCUT2D eigenvalue weighted by molar-refractivity contribution is 5.88. The van der Waals surface area contributed by atoms with Crippen LogP contribution in [0, 0.1) is 5.92 Å². The van der Waals surface area contributed by atoms with E-state index in [-0.39, 0.29) is 18.4 Å². The Morgan fingerprint density at radius 2 is 2.44 bits per heavy atom. The minimum atomic E-state index is -0.544. The Morgan fingerprint density at radius 1 is 1.69 bits per heavy atom. The molecule has 0 saturated carbocycles. The highest BCUT2D eigenvalue weighted by Crippen LogP contribution is 2.09. The summed E-state index contributed by atoms with van der Waals surface area (Å²) in [4.78, 5) is 27.3. The molecule has 4 N–H and O–H groups in total. The topological polar surface area (TPSA) is 93.5 Å². The van der Waals surface area contributed by atoms with Crippen molar-refractivity contribution in [2.75, 3.05) is 13.2 Å². The van der Waals surface area contributed by atoms with Gasteiger partial charge in [-0.2, -0.15) is 0 Å². The van der Waals surface area contributed by atoms with E-state index in [0.717, 1.165) is 12.8 Å². The van der Waals surface area contributed by atoms with Crippen LogP contribution in [0.1, 0.15) is 26.2 Å². The Balaban J connectivity index is 2.18. The minimum absolute atomic E-state index is 0.116. The summed E-state index contributed by atoms with van der Waals surface area (Å²) >= 11 is 0. The van der Waals surface area contributed by atoms with Crippen molar-refractivity contribution >= 4 is 11.8 Å². The van der Waals surface area contributed by atoms with Crippen molar-refractivity contribution in [1.29, 1.82) is 0 Å². The van der Waals surface area contributed by atoms with Gasteiger partial charge in [0.15, 0.2) is 0 Å². The molecule has 0 spiro atoms. The van der Waals surface area contributed by atoms with E-state index in [1.54, 1.807) is 0 Å². The van der Waals surface area contributed by atoms with Crippen LogP contribution in [0.25, 0.3) is 0 Å². The van der Waals surface area contributed by atoms with Gasteiger partial charge in [0, 0.05) is 6.42 Å². The summed E-state index contributed by atoms with van der Waals surface area (Å²) in [6.45, 7) is 2.90. The molecule has 0 aliphatic carbocycles. The average Bonchev–Trinajstić information content (AvgIpc) is 2.62. The minimum Gasteiger partial charge on any atom is -0.342 e. The quantitative estimate of drug-likeness (QED) is 0.561. The van der Waals surface area contributed by atoms with E-state index in [0.29, 0.717) is 18.9 Å². The molecule has 0 bridgehead atoms. The van der Waals surface area contributed by atoms with Gasteiger partial charge in [0.25, 0.3) is 5.91 Å². The maximum Gasteiger partial charge on any atom is 0.268 e. The molecule has 1 saturated heterocycles. The molecule has 0 radical (unpaired) electrons. The average molecular weight is 229 g/mol. The summed E-state index contributed by atoms with van der Waals surface area (Å²) in [5.41, 5.74) is 7.61. The Kier molecular flexibility index (Phi) is 5.21. The van der Waals surface area contributed by atoms with Gasteiger partial charge in [-0.1, -0.05) is 6.92 Å². The van der Waals surface area contributed by atoms with Crippen molar-refractivity contribution in [3.05, 3.63) is 0 Å².